The maximum absolute atomic E-state index is 12.5. The summed E-state index contributed by atoms with van der Waals surface area (Å²) in [6.45, 7) is 7.01. The van der Waals surface area contributed by atoms with Crippen molar-refractivity contribution in [3.05, 3.63) is 35.9 Å². The van der Waals surface area contributed by atoms with Gasteiger partial charge in [-0.2, -0.15) is 0 Å². The molecule has 1 aromatic carbocycles. The highest BCUT2D eigenvalue weighted by Crippen LogP contribution is 2.35. The molecule has 0 N–H and O–H groups in total. The predicted octanol–water partition coefficient (Wildman–Crippen LogP) is 3.67. The minimum absolute atomic E-state index is 0.231. The number of hydrogen-bond donors (Lipinski definition) is 0. The SMILES string of the molecule is COC1(Cc2ccccc2)CCC(=O)N1C(=O)OCC[Si](C)(C)C. The highest BCUT2D eigenvalue weighted by Gasteiger charge is 2.50. The number of hydrogen-bond acceptors (Lipinski definition) is 4. The van der Waals surface area contributed by atoms with Crippen molar-refractivity contribution in [2.45, 2.75) is 50.7 Å². The summed E-state index contributed by atoms with van der Waals surface area (Å²) < 4.78 is 11.1. The average molecular weight is 350 g/mol. The van der Waals surface area contributed by atoms with Gasteiger partial charge in [0.2, 0.25) is 5.91 Å². The molecule has 24 heavy (non-hydrogen) atoms. The van der Waals surface area contributed by atoms with Gasteiger partial charge in [-0.15, -0.1) is 0 Å². The molecule has 0 spiro atoms. The fourth-order valence-corrected chi connectivity index (χ4v) is 3.59. The van der Waals surface area contributed by atoms with Crippen LogP contribution in [0.1, 0.15) is 18.4 Å². The van der Waals surface area contributed by atoms with Gasteiger partial charge in [-0.1, -0.05) is 50.0 Å². The normalized spacial score (nSPS) is 21.2. The first-order valence-electron chi connectivity index (χ1n) is 8.36. The maximum Gasteiger partial charge on any atom is 0.418 e. The molecule has 1 aliphatic rings. The zero-order valence-electron chi connectivity index (χ0n) is 15.0. The second-order valence-electron chi connectivity index (χ2n) is 7.47. The molecule has 0 aliphatic carbocycles. The molecule has 6 heteroatoms. The van der Waals surface area contributed by atoms with E-state index in [9.17, 15) is 9.59 Å². The van der Waals surface area contributed by atoms with Gasteiger partial charge in [0.05, 0.1) is 6.61 Å². The number of nitrogens with zero attached hydrogens (tertiary/aromatic N) is 1. The van der Waals surface area contributed by atoms with E-state index in [4.69, 9.17) is 9.47 Å². The third kappa shape index (κ3) is 4.45. The molecule has 1 unspecified atom stereocenters. The zero-order valence-corrected chi connectivity index (χ0v) is 16.0. The monoisotopic (exact) mass is 349 g/mol. The van der Waals surface area contributed by atoms with Crippen LogP contribution in [0.5, 0.6) is 0 Å². The number of likely N-dealkylation sites (tertiary alicyclic amines) is 1. The van der Waals surface area contributed by atoms with Crippen molar-refractivity contribution in [1.82, 2.24) is 4.90 Å². The van der Waals surface area contributed by atoms with Crippen LogP contribution in [0.3, 0.4) is 0 Å². The molecule has 5 nitrogen and oxygen atoms in total. The highest BCUT2D eigenvalue weighted by atomic mass is 28.3. The van der Waals surface area contributed by atoms with E-state index in [1.54, 1.807) is 7.11 Å². The van der Waals surface area contributed by atoms with Gasteiger partial charge in [0, 0.05) is 34.4 Å². The molecule has 0 saturated carbocycles. The predicted molar refractivity (Wildman–Crippen MR) is 95.5 cm³/mol. The van der Waals surface area contributed by atoms with Gasteiger partial charge in [-0.3, -0.25) is 4.79 Å². The molecule has 1 aromatic rings. The lowest BCUT2D eigenvalue weighted by Crippen LogP contribution is -2.52. The highest BCUT2D eigenvalue weighted by molar-refractivity contribution is 6.76. The number of carbonyl (C=O) groups is 2. The minimum Gasteiger partial charge on any atom is -0.449 e. The fourth-order valence-electron chi connectivity index (χ4n) is 2.88. The van der Waals surface area contributed by atoms with E-state index in [0.29, 0.717) is 25.9 Å². The van der Waals surface area contributed by atoms with Crippen LogP contribution in [0.15, 0.2) is 30.3 Å². The topological polar surface area (TPSA) is 55.8 Å². The molecule has 2 rings (SSSR count). The van der Waals surface area contributed by atoms with Crippen LogP contribution < -0.4 is 0 Å². The fraction of sp³-hybridized carbons (Fsp3) is 0.556. The summed E-state index contributed by atoms with van der Waals surface area (Å²) in [7, 11) is 0.248. The summed E-state index contributed by atoms with van der Waals surface area (Å²) in [6.07, 6.45) is 0.664. The Kier molecular flexibility index (Phi) is 5.82. The van der Waals surface area contributed by atoms with Crippen LogP contribution in [0.4, 0.5) is 4.79 Å². The summed E-state index contributed by atoms with van der Waals surface area (Å²) in [5.41, 5.74) is 0.0725. The summed E-state index contributed by atoms with van der Waals surface area (Å²) in [4.78, 5) is 26.0. The van der Waals surface area contributed by atoms with Crippen molar-refractivity contribution in [3.8, 4) is 0 Å². The van der Waals surface area contributed by atoms with Crippen LogP contribution >= 0.6 is 0 Å². The van der Waals surface area contributed by atoms with Crippen LogP contribution in [0, 0.1) is 0 Å². The van der Waals surface area contributed by atoms with Crippen LogP contribution in [-0.2, 0) is 20.7 Å². The van der Waals surface area contributed by atoms with Gasteiger partial charge in [0.15, 0.2) is 5.72 Å². The minimum atomic E-state index is -1.30. The van der Waals surface area contributed by atoms with E-state index in [0.717, 1.165) is 11.6 Å². The Labute approximate surface area is 144 Å². The molecule has 1 saturated heterocycles. The van der Waals surface area contributed by atoms with Crippen LogP contribution in [-0.4, -0.2) is 44.4 Å². The van der Waals surface area contributed by atoms with Crippen LogP contribution in [0.25, 0.3) is 0 Å². The summed E-state index contributed by atoms with van der Waals surface area (Å²) in [5, 5.41) is 0. The molecule has 2 amide bonds. The lowest BCUT2D eigenvalue weighted by Gasteiger charge is -2.35. The second-order valence-corrected chi connectivity index (χ2v) is 13.1. The molecule has 0 radical (unpaired) electrons. The lowest BCUT2D eigenvalue weighted by atomic mass is 10.00. The Morgan fingerprint density at radius 2 is 1.92 bits per heavy atom. The van der Waals surface area contributed by atoms with Gasteiger partial charge in [-0.25, -0.2) is 9.69 Å². The summed E-state index contributed by atoms with van der Waals surface area (Å²) >= 11 is 0. The molecular formula is C18H27NO4Si. The van der Waals surface area contributed by atoms with Crippen molar-refractivity contribution in [1.29, 1.82) is 0 Å². The Bertz CT molecular complexity index is 584. The first-order chi connectivity index (χ1) is 11.3. The third-order valence-corrected chi connectivity index (χ3v) is 6.05. The molecule has 132 valence electrons. The number of methoxy groups -OCH3 is 1. The Morgan fingerprint density at radius 3 is 2.50 bits per heavy atom. The number of ether oxygens (including phenoxy) is 2. The van der Waals surface area contributed by atoms with E-state index < -0.39 is 19.9 Å². The Hall–Kier alpha value is -1.66. The second kappa shape index (κ2) is 7.48. The van der Waals surface area contributed by atoms with E-state index in [2.05, 4.69) is 19.6 Å². The molecular weight excluding hydrogens is 322 g/mol. The van der Waals surface area contributed by atoms with Gasteiger partial charge in [0.25, 0.3) is 0 Å². The van der Waals surface area contributed by atoms with Gasteiger partial charge in [-0.05, 0) is 11.6 Å². The smallest absolute Gasteiger partial charge is 0.418 e. The summed E-state index contributed by atoms with van der Waals surface area (Å²) in [5.74, 6) is -0.231. The Balaban J connectivity index is 2.12. The molecule has 0 aromatic heterocycles. The average Bonchev–Trinajstić information content (AvgIpc) is 2.84. The van der Waals surface area contributed by atoms with E-state index in [1.807, 2.05) is 30.3 Å². The number of carbonyl (C=O) groups excluding carboxylic acids is 2. The first-order valence-corrected chi connectivity index (χ1v) is 12.1. The molecule has 1 atom stereocenters. The van der Waals surface area contributed by atoms with Crippen molar-refractivity contribution in [2.75, 3.05) is 13.7 Å². The summed E-state index contributed by atoms with van der Waals surface area (Å²) in [6, 6.07) is 10.6. The van der Waals surface area contributed by atoms with Gasteiger partial charge < -0.3 is 9.47 Å². The van der Waals surface area contributed by atoms with Crippen molar-refractivity contribution >= 4 is 20.1 Å². The molecule has 1 fully saturated rings. The number of amides is 2. The zero-order chi connectivity index (χ0) is 17.8. The number of imide groups is 1. The van der Waals surface area contributed by atoms with Crippen LogP contribution in [0.2, 0.25) is 25.7 Å². The maximum atomic E-state index is 12.5. The Morgan fingerprint density at radius 1 is 1.25 bits per heavy atom. The number of rotatable bonds is 6. The standard InChI is InChI=1S/C18H27NO4Si/c1-22-18(14-15-8-6-5-7-9-15)11-10-16(20)19(18)17(21)23-12-13-24(2,3)4/h5-9H,10-14H2,1-4H3. The van der Waals surface area contributed by atoms with E-state index >= 15 is 0 Å². The van der Waals surface area contributed by atoms with E-state index in [-0.39, 0.29) is 5.91 Å². The van der Waals surface area contributed by atoms with Gasteiger partial charge in [0.1, 0.15) is 0 Å². The number of benzene rings is 1. The molecule has 0 bridgehead atoms. The lowest BCUT2D eigenvalue weighted by molar-refractivity contribution is -0.145. The molecule has 1 heterocycles. The first kappa shape index (κ1) is 18.7. The largest absolute Gasteiger partial charge is 0.449 e. The van der Waals surface area contributed by atoms with E-state index in [1.165, 1.54) is 4.90 Å². The quantitative estimate of drug-likeness (QED) is 0.735. The van der Waals surface area contributed by atoms with Crippen molar-refractivity contribution in [2.24, 2.45) is 0 Å². The van der Waals surface area contributed by atoms with Gasteiger partial charge >= 0.3 is 6.09 Å². The van der Waals surface area contributed by atoms with Crippen molar-refractivity contribution < 1.29 is 19.1 Å². The third-order valence-electron chi connectivity index (χ3n) is 4.35. The molecule has 1 aliphatic heterocycles. The van der Waals surface area contributed by atoms with Crippen molar-refractivity contribution in [3.63, 3.8) is 0 Å².